The number of pyridine rings is 1. The summed E-state index contributed by atoms with van der Waals surface area (Å²) in [4.78, 5) is 34.2. The van der Waals surface area contributed by atoms with E-state index in [4.69, 9.17) is 21.3 Å². The summed E-state index contributed by atoms with van der Waals surface area (Å²) in [5, 5.41) is 1.67. The zero-order valence-electron chi connectivity index (χ0n) is 18.8. The van der Waals surface area contributed by atoms with Crippen LogP contribution in [-0.2, 0) is 17.6 Å². The predicted molar refractivity (Wildman–Crippen MR) is 126 cm³/mol. The third kappa shape index (κ3) is 4.20. The number of nitrogens with zero attached hydrogens (tertiary/aromatic N) is 3. The van der Waals surface area contributed by atoms with Gasteiger partial charge in [-0.2, -0.15) is 0 Å². The van der Waals surface area contributed by atoms with E-state index < -0.39 is 0 Å². The molecule has 1 aliphatic heterocycles. The van der Waals surface area contributed by atoms with Crippen LogP contribution in [-0.4, -0.2) is 58.6 Å². The number of carbonyl (C=O) groups excluding carboxylic acids is 2. The van der Waals surface area contributed by atoms with Gasteiger partial charge < -0.3 is 14.5 Å². The second-order valence-corrected chi connectivity index (χ2v) is 9.03. The molecule has 7 heteroatoms. The second-order valence-electron chi connectivity index (χ2n) is 8.65. The summed E-state index contributed by atoms with van der Waals surface area (Å²) in [5.41, 5.74) is 3.58. The van der Waals surface area contributed by atoms with E-state index in [9.17, 15) is 9.59 Å². The minimum Gasteiger partial charge on any atom is -0.449 e. The quantitative estimate of drug-likeness (QED) is 0.480. The average Bonchev–Trinajstić information content (AvgIpc) is 2.80. The first-order valence-electron chi connectivity index (χ1n) is 11.4. The Hall–Kier alpha value is -2.60. The lowest BCUT2D eigenvalue weighted by Crippen LogP contribution is -2.60. The lowest BCUT2D eigenvalue weighted by Gasteiger charge is -2.44. The zero-order valence-corrected chi connectivity index (χ0v) is 19.5. The Morgan fingerprint density at radius 2 is 1.91 bits per heavy atom. The van der Waals surface area contributed by atoms with Gasteiger partial charge >= 0.3 is 6.09 Å². The molecule has 0 saturated carbocycles. The molecule has 32 heavy (non-hydrogen) atoms. The van der Waals surface area contributed by atoms with Crippen LogP contribution in [0.1, 0.15) is 54.7 Å². The fourth-order valence-electron chi connectivity index (χ4n) is 4.67. The Morgan fingerprint density at radius 1 is 1.19 bits per heavy atom. The van der Waals surface area contributed by atoms with Crippen molar-refractivity contribution in [1.29, 1.82) is 0 Å². The van der Waals surface area contributed by atoms with Crippen LogP contribution in [0.4, 0.5) is 4.79 Å². The first kappa shape index (κ1) is 22.6. The largest absolute Gasteiger partial charge is 0.449 e. The minimum atomic E-state index is -0.340. The highest BCUT2D eigenvalue weighted by Crippen LogP contribution is 2.33. The highest BCUT2D eigenvalue weighted by atomic mass is 35.5. The van der Waals surface area contributed by atoms with Gasteiger partial charge in [0.05, 0.1) is 23.2 Å². The van der Waals surface area contributed by atoms with E-state index in [0.29, 0.717) is 31.7 Å². The van der Waals surface area contributed by atoms with Crippen LogP contribution in [0.25, 0.3) is 10.9 Å². The number of carbonyl (C=O) groups is 2. The number of aromatic nitrogens is 1. The molecule has 4 rings (SSSR count). The maximum atomic E-state index is 13.4. The van der Waals surface area contributed by atoms with Crippen LogP contribution < -0.4 is 0 Å². The molecule has 0 N–H and O–H groups in total. The van der Waals surface area contributed by atoms with Crippen molar-refractivity contribution < 1.29 is 14.3 Å². The van der Waals surface area contributed by atoms with Crippen molar-refractivity contribution in [1.82, 2.24) is 14.8 Å². The van der Waals surface area contributed by atoms with Crippen molar-refractivity contribution >= 4 is 34.5 Å². The van der Waals surface area contributed by atoms with E-state index in [1.54, 1.807) is 11.0 Å². The lowest BCUT2D eigenvalue weighted by atomic mass is 9.94. The number of rotatable bonds is 4. The van der Waals surface area contributed by atoms with E-state index in [1.165, 1.54) is 0 Å². The third-order valence-electron chi connectivity index (χ3n) is 6.75. The Kier molecular flexibility index (Phi) is 6.70. The van der Waals surface area contributed by atoms with Gasteiger partial charge in [0.25, 0.3) is 5.91 Å². The van der Waals surface area contributed by atoms with Gasteiger partial charge in [-0.3, -0.25) is 9.78 Å². The molecule has 0 radical (unpaired) electrons. The molecule has 2 aliphatic rings. The van der Waals surface area contributed by atoms with Crippen LogP contribution in [0.5, 0.6) is 0 Å². The molecule has 2 aromatic rings. The topological polar surface area (TPSA) is 62.7 Å². The lowest BCUT2D eigenvalue weighted by molar-refractivity contribution is 0.0210. The SMILES string of the molecule is C=CCCOC(=O)N1CCN(C(=O)c2ccc3c(Cl)c4c(nc3c2)CCCC4)C(C)C1C. The monoisotopic (exact) mass is 455 g/mol. The van der Waals surface area contributed by atoms with E-state index in [0.717, 1.165) is 52.9 Å². The van der Waals surface area contributed by atoms with Crippen molar-refractivity contribution in [3.05, 3.63) is 52.7 Å². The molecule has 2 unspecified atom stereocenters. The van der Waals surface area contributed by atoms with Crippen LogP contribution in [0, 0.1) is 0 Å². The number of halogens is 1. The maximum Gasteiger partial charge on any atom is 0.410 e. The first-order valence-corrected chi connectivity index (χ1v) is 11.8. The van der Waals surface area contributed by atoms with Crippen molar-refractivity contribution in [3.8, 4) is 0 Å². The Morgan fingerprint density at radius 3 is 2.69 bits per heavy atom. The molecule has 1 aromatic heterocycles. The van der Waals surface area contributed by atoms with Crippen molar-refractivity contribution in [2.45, 2.75) is 58.0 Å². The van der Waals surface area contributed by atoms with Gasteiger partial charge in [-0.15, -0.1) is 6.58 Å². The predicted octanol–water partition coefficient (Wildman–Crippen LogP) is 5.01. The second kappa shape index (κ2) is 9.49. The van der Waals surface area contributed by atoms with Gasteiger partial charge in [0.15, 0.2) is 0 Å². The summed E-state index contributed by atoms with van der Waals surface area (Å²) in [6.45, 7) is 8.77. The standard InChI is InChI=1S/C25H30ClN3O3/c1-4-5-14-32-25(31)29-13-12-28(16(2)17(29)3)24(30)18-10-11-20-22(15-18)27-21-9-7-6-8-19(21)23(20)26/h4,10-11,15-17H,1,5-9,12-14H2,2-3H3. The molecule has 0 bridgehead atoms. The number of fused-ring (bicyclic) bond motifs is 2. The number of benzene rings is 1. The fraction of sp³-hybridized carbons (Fsp3) is 0.480. The van der Waals surface area contributed by atoms with E-state index in [2.05, 4.69) is 6.58 Å². The van der Waals surface area contributed by atoms with Crippen molar-refractivity contribution in [2.24, 2.45) is 0 Å². The summed E-state index contributed by atoms with van der Waals surface area (Å²) in [7, 11) is 0. The minimum absolute atomic E-state index is 0.0541. The van der Waals surface area contributed by atoms with E-state index in [-0.39, 0.29) is 24.1 Å². The Labute approximate surface area is 194 Å². The first-order chi connectivity index (χ1) is 15.4. The average molecular weight is 456 g/mol. The Balaban J connectivity index is 1.53. The van der Waals surface area contributed by atoms with Gasteiger partial charge in [-0.05, 0) is 63.6 Å². The molecule has 170 valence electrons. The maximum absolute atomic E-state index is 13.4. The van der Waals surface area contributed by atoms with Crippen molar-refractivity contribution in [2.75, 3.05) is 19.7 Å². The molecule has 2 heterocycles. The summed E-state index contributed by atoms with van der Waals surface area (Å²) in [6, 6.07) is 5.31. The Bertz CT molecular complexity index is 1050. The van der Waals surface area contributed by atoms with Gasteiger partial charge in [-0.1, -0.05) is 23.7 Å². The molecule has 1 aromatic carbocycles. The molecule has 6 nitrogen and oxygen atoms in total. The number of aryl methyl sites for hydroxylation is 1. The van der Waals surface area contributed by atoms with Crippen molar-refractivity contribution in [3.63, 3.8) is 0 Å². The molecular weight excluding hydrogens is 426 g/mol. The highest BCUT2D eigenvalue weighted by molar-refractivity contribution is 6.36. The third-order valence-corrected chi connectivity index (χ3v) is 7.18. The van der Waals surface area contributed by atoms with E-state index >= 15 is 0 Å². The van der Waals surface area contributed by atoms with Gasteiger partial charge in [-0.25, -0.2) is 4.79 Å². The molecule has 0 spiro atoms. The summed E-state index contributed by atoms with van der Waals surface area (Å²) < 4.78 is 5.32. The van der Waals surface area contributed by atoms with Gasteiger partial charge in [0, 0.05) is 35.8 Å². The fourth-order valence-corrected chi connectivity index (χ4v) is 5.03. The molecule has 1 saturated heterocycles. The summed E-state index contributed by atoms with van der Waals surface area (Å²) in [5.74, 6) is -0.0541. The number of hydrogen-bond donors (Lipinski definition) is 0. The molecular formula is C25H30ClN3O3. The van der Waals surface area contributed by atoms with Gasteiger partial charge in [0.2, 0.25) is 0 Å². The molecule has 2 atom stereocenters. The summed E-state index contributed by atoms with van der Waals surface area (Å²) in [6.07, 6.45) is 6.16. The van der Waals surface area contributed by atoms with Crippen LogP contribution in [0.3, 0.4) is 0 Å². The number of hydrogen-bond acceptors (Lipinski definition) is 4. The number of ether oxygens (including phenoxy) is 1. The number of piperazine rings is 1. The molecule has 1 fully saturated rings. The zero-order chi connectivity index (χ0) is 22.8. The van der Waals surface area contributed by atoms with Crippen LogP contribution >= 0.6 is 11.6 Å². The highest BCUT2D eigenvalue weighted by Gasteiger charge is 2.36. The number of amides is 2. The normalized spacial score (nSPS) is 20.7. The van der Waals surface area contributed by atoms with Crippen LogP contribution in [0.15, 0.2) is 30.9 Å². The smallest absolute Gasteiger partial charge is 0.410 e. The van der Waals surface area contributed by atoms with Gasteiger partial charge in [0.1, 0.15) is 0 Å². The molecule has 1 aliphatic carbocycles. The molecule has 2 amide bonds. The summed E-state index contributed by atoms with van der Waals surface area (Å²) >= 11 is 6.68. The van der Waals surface area contributed by atoms with E-state index in [1.807, 2.05) is 36.9 Å². The van der Waals surface area contributed by atoms with Crippen LogP contribution in [0.2, 0.25) is 5.02 Å².